The molecule has 1 saturated heterocycles. The Balaban J connectivity index is 1.98. The summed E-state index contributed by atoms with van der Waals surface area (Å²) in [5.41, 5.74) is 5.69. The Morgan fingerprint density at radius 2 is 2.19 bits per heavy atom. The van der Waals surface area contributed by atoms with Crippen LogP contribution in [0.1, 0.15) is 39.0 Å². The van der Waals surface area contributed by atoms with Crippen molar-refractivity contribution in [3.05, 3.63) is 0 Å². The molecule has 0 aromatic heterocycles. The molecular formula is C12H22N2OS. The van der Waals surface area contributed by atoms with Crippen molar-refractivity contribution in [3.8, 4) is 0 Å². The summed E-state index contributed by atoms with van der Waals surface area (Å²) in [5, 5.41) is 0.614. The normalized spacial score (nSPS) is 29.4. The second-order valence-corrected chi connectivity index (χ2v) is 6.42. The van der Waals surface area contributed by atoms with Gasteiger partial charge in [0.05, 0.1) is 5.54 Å². The molecule has 2 aliphatic rings. The Morgan fingerprint density at radius 3 is 2.81 bits per heavy atom. The molecule has 0 radical (unpaired) electrons. The highest BCUT2D eigenvalue weighted by Gasteiger charge is 2.40. The minimum Gasteiger partial charge on any atom is -0.339 e. The molecule has 2 rings (SSSR count). The molecule has 1 atom stereocenters. The molecule has 16 heavy (non-hydrogen) atoms. The highest BCUT2D eigenvalue weighted by molar-refractivity contribution is 8.00. The van der Waals surface area contributed by atoms with Crippen LogP contribution in [-0.2, 0) is 4.79 Å². The van der Waals surface area contributed by atoms with Gasteiger partial charge in [0.15, 0.2) is 0 Å². The number of carbonyl (C=O) groups is 1. The van der Waals surface area contributed by atoms with E-state index < -0.39 is 5.54 Å². The van der Waals surface area contributed by atoms with Crippen LogP contribution in [0, 0.1) is 0 Å². The third-order valence-corrected chi connectivity index (χ3v) is 5.18. The van der Waals surface area contributed by atoms with Crippen molar-refractivity contribution in [1.82, 2.24) is 4.90 Å². The van der Waals surface area contributed by atoms with E-state index in [1.54, 1.807) is 0 Å². The molecule has 1 saturated carbocycles. The zero-order valence-electron chi connectivity index (χ0n) is 10.1. The molecule has 1 heterocycles. The molecule has 2 N–H and O–H groups in total. The first-order valence-electron chi connectivity index (χ1n) is 6.35. The average molecular weight is 242 g/mol. The first kappa shape index (κ1) is 12.2. The molecule has 3 nitrogen and oxygen atoms in total. The predicted molar refractivity (Wildman–Crippen MR) is 68.5 cm³/mol. The van der Waals surface area contributed by atoms with E-state index in [4.69, 9.17) is 5.73 Å². The molecular weight excluding hydrogens is 220 g/mol. The number of carbonyl (C=O) groups excluding carboxylic acids is 1. The van der Waals surface area contributed by atoms with Crippen LogP contribution >= 0.6 is 11.8 Å². The Kier molecular flexibility index (Phi) is 3.80. The first-order valence-corrected chi connectivity index (χ1v) is 7.40. The Morgan fingerprint density at radius 1 is 1.50 bits per heavy atom. The van der Waals surface area contributed by atoms with Gasteiger partial charge in [-0.2, -0.15) is 11.8 Å². The molecule has 92 valence electrons. The fourth-order valence-corrected chi connectivity index (χ4v) is 3.87. The number of rotatable bonds is 2. The Bertz CT molecular complexity index is 264. The third kappa shape index (κ3) is 2.38. The molecule has 0 spiro atoms. The van der Waals surface area contributed by atoms with E-state index in [-0.39, 0.29) is 5.91 Å². The summed E-state index contributed by atoms with van der Waals surface area (Å²) < 4.78 is 0. The average Bonchev–Trinajstić information content (AvgIpc) is 2.76. The molecule has 1 aliphatic carbocycles. The number of hydrogen-bond donors (Lipinski definition) is 1. The standard InChI is InChI=1S/C12H22N2OS/c1-2-10-9-14(7-8-16-10)11(15)12(13)5-3-4-6-12/h10H,2-9,13H2,1H3. The monoisotopic (exact) mass is 242 g/mol. The Labute approximate surface area is 102 Å². The lowest BCUT2D eigenvalue weighted by atomic mass is 9.97. The maximum absolute atomic E-state index is 12.4. The summed E-state index contributed by atoms with van der Waals surface area (Å²) in [6.45, 7) is 3.98. The summed E-state index contributed by atoms with van der Waals surface area (Å²) in [6.07, 6.45) is 5.13. The fraction of sp³-hybridized carbons (Fsp3) is 0.917. The van der Waals surface area contributed by atoms with E-state index in [1.807, 2.05) is 16.7 Å². The quantitative estimate of drug-likeness (QED) is 0.800. The van der Waals surface area contributed by atoms with E-state index in [9.17, 15) is 4.79 Å². The van der Waals surface area contributed by atoms with Crippen molar-refractivity contribution < 1.29 is 4.79 Å². The highest BCUT2D eigenvalue weighted by Crippen LogP contribution is 2.31. The van der Waals surface area contributed by atoms with Gasteiger partial charge in [-0.1, -0.05) is 19.8 Å². The van der Waals surface area contributed by atoms with Crippen molar-refractivity contribution in [2.24, 2.45) is 5.73 Å². The molecule has 0 bridgehead atoms. The van der Waals surface area contributed by atoms with E-state index >= 15 is 0 Å². The molecule has 0 aromatic rings. The first-order chi connectivity index (χ1) is 7.65. The third-order valence-electron chi connectivity index (χ3n) is 3.80. The van der Waals surface area contributed by atoms with Gasteiger partial charge in [0, 0.05) is 24.1 Å². The van der Waals surface area contributed by atoms with Crippen LogP contribution in [0.5, 0.6) is 0 Å². The zero-order valence-corrected chi connectivity index (χ0v) is 10.9. The largest absolute Gasteiger partial charge is 0.339 e. The van der Waals surface area contributed by atoms with Gasteiger partial charge in [0.2, 0.25) is 5.91 Å². The van der Waals surface area contributed by atoms with Gasteiger partial charge < -0.3 is 10.6 Å². The lowest BCUT2D eigenvalue weighted by Crippen LogP contribution is -2.56. The molecule has 1 unspecified atom stereocenters. The zero-order chi connectivity index (χ0) is 11.6. The van der Waals surface area contributed by atoms with E-state index in [1.165, 1.54) is 0 Å². The molecule has 1 aliphatic heterocycles. The minimum absolute atomic E-state index is 0.212. The van der Waals surface area contributed by atoms with Crippen LogP contribution in [0.3, 0.4) is 0 Å². The van der Waals surface area contributed by atoms with Gasteiger partial charge in [-0.3, -0.25) is 4.79 Å². The summed E-state index contributed by atoms with van der Waals surface area (Å²) in [7, 11) is 0. The van der Waals surface area contributed by atoms with Crippen LogP contribution < -0.4 is 5.73 Å². The second-order valence-electron chi connectivity index (χ2n) is 5.02. The predicted octanol–water partition coefficient (Wildman–Crippen LogP) is 1.61. The molecule has 4 heteroatoms. The number of hydrogen-bond acceptors (Lipinski definition) is 3. The smallest absolute Gasteiger partial charge is 0.242 e. The van der Waals surface area contributed by atoms with Gasteiger partial charge in [0.25, 0.3) is 0 Å². The fourth-order valence-electron chi connectivity index (χ4n) is 2.69. The number of nitrogens with zero attached hydrogens (tertiary/aromatic N) is 1. The van der Waals surface area contributed by atoms with Crippen LogP contribution in [-0.4, -0.2) is 40.4 Å². The van der Waals surface area contributed by atoms with Crippen molar-refractivity contribution in [2.45, 2.75) is 49.8 Å². The molecule has 1 amide bonds. The Hall–Kier alpha value is -0.220. The maximum Gasteiger partial charge on any atom is 0.242 e. The van der Waals surface area contributed by atoms with Gasteiger partial charge in [-0.25, -0.2) is 0 Å². The minimum atomic E-state index is -0.527. The van der Waals surface area contributed by atoms with Gasteiger partial charge >= 0.3 is 0 Å². The van der Waals surface area contributed by atoms with Crippen LogP contribution in [0.2, 0.25) is 0 Å². The highest BCUT2D eigenvalue weighted by atomic mass is 32.2. The van der Waals surface area contributed by atoms with E-state index in [0.717, 1.165) is 50.9 Å². The number of thioether (sulfide) groups is 1. The van der Waals surface area contributed by atoms with Crippen molar-refractivity contribution in [1.29, 1.82) is 0 Å². The van der Waals surface area contributed by atoms with E-state index in [0.29, 0.717) is 5.25 Å². The number of nitrogens with two attached hydrogens (primary N) is 1. The summed E-state index contributed by atoms with van der Waals surface area (Å²) in [5.74, 6) is 1.28. The van der Waals surface area contributed by atoms with Crippen molar-refractivity contribution >= 4 is 17.7 Å². The molecule has 0 aromatic carbocycles. The lowest BCUT2D eigenvalue weighted by Gasteiger charge is -2.37. The van der Waals surface area contributed by atoms with Gasteiger partial charge in [0.1, 0.15) is 0 Å². The van der Waals surface area contributed by atoms with Crippen LogP contribution in [0.4, 0.5) is 0 Å². The molecule has 2 fully saturated rings. The van der Waals surface area contributed by atoms with Crippen LogP contribution in [0.25, 0.3) is 0 Å². The summed E-state index contributed by atoms with van der Waals surface area (Å²) in [4.78, 5) is 14.4. The summed E-state index contributed by atoms with van der Waals surface area (Å²) >= 11 is 1.99. The SMILES string of the molecule is CCC1CN(C(=O)C2(N)CCCC2)CCS1. The van der Waals surface area contributed by atoms with Crippen molar-refractivity contribution in [3.63, 3.8) is 0 Å². The summed E-state index contributed by atoms with van der Waals surface area (Å²) in [6, 6.07) is 0. The van der Waals surface area contributed by atoms with Crippen molar-refractivity contribution in [2.75, 3.05) is 18.8 Å². The van der Waals surface area contributed by atoms with Gasteiger partial charge in [-0.05, 0) is 19.3 Å². The topological polar surface area (TPSA) is 46.3 Å². The van der Waals surface area contributed by atoms with E-state index in [2.05, 4.69) is 6.92 Å². The second kappa shape index (κ2) is 4.96. The number of amides is 1. The maximum atomic E-state index is 12.4. The lowest BCUT2D eigenvalue weighted by molar-refractivity contribution is -0.136. The van der Waals surface area contributed by atoms with Crippen LogP contribution in [0.15, 0.2) is 0 Å². The van der Waals surface area contributed by atoms with Gasteiger partial charge in [-0.15, -0.1) is 0 Å².